The number of carbonyl (C=O) groups excluding carboxylic acids is 1. The highest BCUT2D eigenvalue weighted by Crippen LogP contribution is 2.30. The van der Waals surface area contributed by atoms with E-state index < -0.39 is 0 Å². The van der Waals surface area contributed by atoms with E-state index in [1.165, 1.54) is 0 Å². The average molecular weight is 348 g/mol. The molecule has 1 saturated carbocycles. The Morgan fingerprint density at radius 1 is 1.26 bits per heavy atom. The van der Waals surface area contributed by atoms with Gasteiger partial charge in [-0.2, -0.15) is 0 Å². The van der Waals surface area contributed by atoms with Crippen LogP contribution in [0.15, 0.2) is 47.4 Å². The third-order valence-corrected chi connectivity index (χ3v) is 4.98. The van der Waals surface area contributed by atoms with Crippen molar-refractivity contribution < 1.29 is 9.53 Å². The minimum absolute atomic E-state index is 0.00658. The van der Waals surface area contributed by atoms with Crippen molar-refractivity contribution in [2.24, 2.45) is 0 Å². The quantitative estimate of drug-likeness (QED) is 0.780. The molecule has 0 heterocycles. The van der Waals surface area contributed by atoms with E-state index >= 15 is 0 Å². The predicted molar refractivity (Wildman–Crippen MR) is 94.5 cm³/mol. The van der Waals surface area contributed by atoms with Gasteiger partial charge >= 0.3 is 0 Å². The van der Waals surface area contributed by atoms with Crippen molar-refractivity contribution in [1.82, 2.24) is 5.32 Å². The third kappa shape index (κ3) is 4.43. The van der Waals surface area contributed by atoms with E-state index in [9.17, 15) is 4.79 Å². The van der Waals surface area contributed by atoms with E-state index in [0.717, 1.165) is 39.8 Å². The van der Waals surface area contributed by atoms with Gasteiger partial charge in [0, 0.05) is 32.8 Å². The summed E-state index contributed by atoms with van der Waals surface area (Å²) >= 11 is 7.59. The molecule has 5 heteroatoms. The van der Waals surface area contributed by atoms with Gasteiger partial charge in [-0.3, -0.25) is 4.79 Å². The van der Waals surface area contributed by atoms with Crippen molar-refractivity contribution in [2.75, 3.05) is 7.11 Å². The van der Waals surface area contributed by atoms with E-state index in [4.69, 9.17) is 16.3 Å². The monoisotopic (exact) mass is 347 g/mol. The number of carbonyl (C=O) groups is 1. The maximum Gasteiger partial charge on any atom is 0.251 e. The molecule has 0 aromatic heterocycles. The highest BCUT2D eigenvalue weighted by molar-refractivity contribution is 7.98. The van der Waals surface area contributed by atoms with Gasteiger partial charge in [0.15, 0.2) is 0 Å². The fraction of sp³-hybridized carbons (Fsp3) is 0.278. The first-order chi connectivity index (χ1) is 11.2. The van der Waals surface area contributed by atoms with Gasteiger partial charge in [0.05, 0.1) is 7.11 Å². The molecule has 0 bridgehead atoms. The molecule has 0 radical (unpaired) electrons. The zero-order valence-electron chi connectivity index (χ0n) is 12.8. The molecule has 2 aromatic rings. The highest BCUT2D eigenvalue weighted by atomic mass is 35.5. The van der Waals surface area contributed by atoms with Crippen molar-refractivity contribution in [2.45, 2.75) is 29.5 Å². The summed E-state index contributed by atoms with van der Waals surface area (Å²) in [7, 11) is 1.65. The van der Waals surface area contributed by atoms with Crippen LogP contribution in [-0.4, -0.2) is 19.1 Å². The Hall–Kier alpha value is -1.65. The van der Waals surface area contributed by atoms with E-state index in [-0.39, 0.29) is 5.91 Å². The first-order valence-corrected chi connectivity index (χ1v) is 8.88. The van der Waals surface area contributed by atoms with Crippen LogP contribution in [0.1, 0.15) is 28.8 Å². The fourth-order valence-corrected chi connectivity index (χ4v) is 3.22. The molecule has 0 saturated heterocycles. The van der Waals surface area contributed by atoms with Gasteiger partial charge in [-0.25, -0.2) is 0 Å². The Kier molecular flexibility index (Phi) is 5.13. The van der Waals surface area contributed by atoms with Gasteiger partial charge < -0.3 is 10.1 Å². The number of hydrogen-bond donors (Lipinski definition) is 1. The molecule has 3 nitrogen and oxygen atoms in total. The number of ether oxygens (including phenoxy) is 1. The molecule has 23 heavy (non-hydrogen) atoms. The molecule has 0 unspecified atom stereocenters. The maximum atomic E-state index is 12.2. The predicted octanol–water partition coefficient (Wildman–Crippen LogP) is 4.53. The summed E-state index contributed by atoms with van der Waals surface area (Å²) in [6.45, 7) is 0. The van der Waals surface area contributed by atoms with Crippen LogP contribution >= 0.6 is 23.4 Å². The molecule has 120 valence electrons. The standard InChI is InChI=1S/C18H18ClNO2S/c1-22-17-9-2-12(18(21)20-15-5-6-15)10-13(17)11-23-16-7-3-14(19)4-8-16/h2-4,7-10,15H,5-6,11H2,1H3,(H,20,21). The summed E-state index contributed by atoms with van der Waals surface area (Å²) in [5.41, 5.74) is 1.69. The smallest absolute Gasteiger partial charge is 0.251 e. The highest BCUT2D eigenvalue weighted by Gasteiger charge is 2.24. The minimum Gasteiger partial charge on any atom is -0.496 e. The number of halogens is 1. The Morgan fingerprint density at radius 3 is 2.65 bits per heavy atom. The van der Waals surface area contributed by atoms with Crippen LogP contribution in [0.5, 0.6) is 5.75 Å². The number of hydrogen-bond acceptors (Lipinski definition) is 3. The van der Waals surface area contributed by atoms with Crippen LogP contribution in [0.3, 0.4) is 0 Å². The number of methoxy groups -OCH3 is 1. The van der Waals surface area contributed by atoms with Gasteiger partial charge in [0.2, 0.25) is 0 Å². The molecule has 1 N–H and O–H groups in total. The normalized spacial score (nSPS) is 13.7. The van der Waals surface area contributed by atoms with Crippen molar-refractivity contribution >= 4 is 29.3 Å². The number of nitrogens with one attached hydrogen (secondary N) is 1. The molecule has 3 rings (SSSR count). The first-order valence-electron chi connectivity index (χ1n) is 7.52. The number of thioether (sulfide) groups is 1. The molecular formula is C18H18ClNO2S. The summed E-state index contributed by atoms with van der Waals surface area (Å²) in [4.78, 5) is 13.3. The molecule has 1 fully saturated rings. The number of benzene rings is 2. The van der Waals surface area contributed by atoms with Gasteiger partial charge in [-0.1, -0.05) is 11.6 Å². The average Bonchev–Trinajstić information content (AvgIpc) is 3.38. The molecule has 0 atom stereocenters. The summed E-state index contributed by atoms with van der Waals surface area (Å²) in [5.74, 6) is 1.53. The van der Waals surface area contributed by atoms with Crippen LogP contribution in [0.4, 0.5) is 0 Å². The lowest BCUT2D eigenvalue weighted by molar-refractivity contribution is 0.0951. The zero-order chi connectivity index (χ0) is 16.2. The summed E-state index contributed by atoms with van der Waals surface area (Å²) in [6, 6.07) is 13.7. The summed E-state index contributed by atoms with van der Waals surface area (Å²) < 4.78 is 5.41. The fourth-order valence-electron chi connectivity index (χ4n) is 2.22. The molecule has 2 aromatic carbocycles. The molecule has 0 aliphatic heterocycles. The van der Waals surface area contributed by atoms with Gasteiger partial charge in [0.25, 0.3) is 5.91 Å². The lowest BCUT2D eigenvalue weighted by atomic mass is 10.1. The molecule has 1 aliphatic carbocycles. The Bertz CT molecular complexity index is 699. The van der Waals surface area contributed by atoms with Crippen molar-refractivity contribution in [3.63, 3.8) is 0 Å². The van der Waals surface area contributed by atoms with Crippen LogP contribution in [0.2, 0.25) is 5.02 Å². The van der Waals surface area contributed by atoms with Crippen molar-refractivity contribution in [1.29, 1.82) is 0 Å². The first kappa shape index (κ1) is 16.2. The van der Waals surface area contributed by atoms with E-state index in [1.54, 1.807) is 18.9 Å². The Labute approximate surface area is 145 Å². The van der Waals surface area contributed by atoms with Crippen LogP contribution in [0.25, 0.3) is 0 Å². The van der Waals surface area contributed by atoms with Crippen molar-refractivity contribution in [3.05, 3.63) is 58.6 Å². The van der Waals surface area contributed by atoms with Gasteiger partial charge in [-0.15, -0.1) is 11.8 Å². The number of rotatable bonds is 6. The number of amides is 1. The molecule has 1 aliphatic rings. The second-order valence-electron chi connectivity index (χ2n) is 5.52. The Balaban J connectivity index is 1.72. The van der Waals surface area contributed by atoms with Crippen LogP contribution in [0, 0.1) is 0 Å². The molecular weight excluding hydrogens is 330 g/mol. The van der Waals surface area contributed by atoms with Gasteiger partial charge in [0.1, 0.15) is 5.75 Å². The van der Waals surface area contributed by atoms with E-state index in [0.29, 0.717) is 11.6 Å². The SMILES string of the molecule is COc1ccc(C(=O)NC2CC2)cc1CSc1ccc(Cl)cc1. The lowest BCUT2D eigenvalue weighted by Crippen LogP contribution is -2.25. The second-order valence-corrected chi connectivity index (χ2v) is 7.00. The topological polar surface area (TPSA) is 38.3 Å². The van der Waals surface area contributed by atoms with Gasteiger partial charge in [-0.05, 0) is 55.3 Å². The lowest BCUT2D eigenvalue weighted by Gasteiger charge is -2.11. The summed E-state index contributed by atoms with van der Waals surface area (Å²) in [6.07, 6.45) is 2.17. The molecule has 1 amide bonds. The maximum absolute atomic E-state index is 12.2. The Morgan fingerprint density at radius 2 is 2.00 bits per heavy atom. The minimum atomic E-state index is -0.00658. The van der Waals surface area contributed by atoms with E-state index in [2.05, 4.69) is 5.32 Å². The largest absolute Gasteiger partial charge is 0.496 e. The summed E-state index contributed by atoms with van der Waals surface area (Å²) in [5, 5.41) is 3.74. The molecule has 0 spiro atoms. The zero-order valence-corrected chi connectivity index (χ0v) is 14.4. The van der Waals surface area contributed by atoms with E-state index in [1.807, 2.05) is 42.5 Å². The third-order valence-electron chi connectivity index (χ3n) is 3.66. The second kappa shape index (κ2) is 7.28. The van der Waals surface area contributed by atoms with Crippen LogP contribution < -0.4 is 10.1 Å². The van der Waals surface area contributed by atoms with Crippen LogP contribution in [-0.2, 0) is 5.75 Å². The van der Waals surface area contributed by atoms with Crippen molar-refractivity contribution in [3.8, 4) is 5.75 Å².